The monoisotopic (exact) mass is 593 g/mol. The van der Waals surface area contributed by atoms with Crippen molar-refractivity contribution in [2.24, 2.45) is 17.8 Å². The smallest absolute Gasteiger partial charge is 0.244 e. The highest BCUT2D eigenvalue weighted by Crippen LogP contribution is 2.60. The first-order chi connectivity index (χ1) is 19.9. The van der Waals surface area contributed by atoms with E-state index in [2.05, 4.69) is 17.4 Å². The van der Waals surface area contributed by atoms with Crippen LogP contribution >= 0.6 is 0 Å². The Morgan fingerprint density at radius 3 is 2.02 bits per heavy atom. The van der Waals surface area contributed by atoms with E-state index in [4.69, 9.17) is 0 Å². The minimum Gasteiger partial charge on any atom is -0.352 e. The fourth-order valence-corrected chi connectivity index (χ4v) is 9.18. The molecular formula is C34H47N3O4S. The fraction of sp³-hybridized carbons (Fsp3) is 0.588. The number of hydrogen-bond acceptors (Lipinski definition) is 4. The van der Waals surface area contributed by atoms with Crippen LogP contribution in [0.1, 0.15) is 82.4 Å². The van der Waals surface area contributed by atoms with Crippen LogP contribution in [0.2, 0.25) is 0 Å². The van der Waals surface area contributed by atoms with Crippen LogP contribution in [0.15, 0.2) is 48.5 Å². The van der Waals surface area contributed by atoms with E-state index < -0.39 is 22.0 Å². The molecule has 0 aromatic heterocycles. The van der Waals surface area contributed by atoms with E-state index >= 15 is 0 Å². The van der Waals surface area contributed by atoms with Gasteiger partial charge in [0.1, 0.15) is 12.6 Å². The second-order valence-electron chi connectivity index (χ2n) is 13.5. The van der Waals surface area contributed by atoms with Crippen molar-refractivity contribution in [3.05, 3.63) is 65.2 Å². The zero-order chi connectivity index (χ0) is 30.2. The molecule has 0 spiro atoms. The standard InChI is InChI=1S/C34H47N3O4S/c1-6-31(33(39)35-23(2)3)36(21-28-10-8-7-9-24(28)4)32(38)22-37(42(5,40)41)30-13-11-29(12-14-30)34-18-25-15-26(19-34)17-27(16-25)20-34/h7-14,23,25-27,31H,6,15-22H2,1-5H3,(H,35,39)/t25?,26?,27?,31-,34?/m0/s1. The number of anilines is 1. The van der Waals surface area contributed by atoms with Gasteiger partial charge in [0, 0.05) is 12.6 Å². The zero-order valence-corrected chi connectivity index (χ0v) is 26.6. The van der Waals surface area contributed by atoms with Gasteiger partial charge in [-0.1, -0.05) is 43.3 Å². The highest BCUT2D eigenvalue weighted by atomic mass is 32.2. The molecule has 0 radical (unpaired) electrons. The Kier molecular flexibility index (Phi) is 8.75. The number of hydrogen-bond donors (Lipinski definition) is 1. The van der Waals surface area contributed by atoms with Crippen LogP contribution in [0.5, 0.6) is 0 Å². The fourth-order valence-electron chi connectivity index (χ4n) is 8.33. The van der Waals surface area contributed by atoms with Crippen LogP contribution < -0.4 is 9.62 Å². The van der Waals surface area contributed by atoms with Crippen molar-refractivity contribution >= 4 is 27.5 Å². The maximum absolute atomic E-state index is 14.0. The molecule has 4 fully saturated rings. The number of carbonyl (C=O) groups excluding carboxylic acids is 2. The lowest BCUT2D eigenvalue weighted by Crippen LogP contribution is -2.53. The molecule has 0 unspecified atom stereocenters. The number of aryl methyl sites for hydroxylation is 1. The van der Waals surface area contributed by atoms with Gasteiger partial charge in [0.2, 0.25) is 21.8 Å². The third-order valence-corrected chi connectivity index (χ3v) is 11.0. The number of nitrogens with zero attached hydrogens (tertiary/aromatic N) is 2. The molecule has 4 bridgehead atoms. The van der Waals surface area contributed by atoms with Crippen molar-refractivity contribution in [2.75, 3.05) is 17.1 Å². The second-order valence-corrected chi connectivity index (χ2v) is 15.5. The second kappa shape index (κ2) is 12.0. The molecule has 0 saturated heterocycles. The normalized spacial score (nSPS) is 25.3. The van der Waals surface area contributed by atoms with Gasteiger partial charge < -0.3 is 10.2 Å². The molecule has 6 rings (SSSR count). The number of rotatable bonds is 11. The summed E-state index contributed by atoms with van der Waals surface area (Å²) in [7, 11) is -3.77. The molecule has 4 aliphatic carbocycles. The largest absolute Gasteiger partial charge is 0.352 e. The average molecular weight is 594 g/mol. The van der Waals surface area contributed by atoms with Gasteiger partial charge in [-0.05, 0) is 118 Å². The molecule has 2 aromatic rings. The molecule has 0 heterocycles. The third kappa shape index (κ3) is 6.38. The molecule has 2 amide bonds. The van der Waals surface area contributed by atoms with E-state index in [-0.39, 0.29) is 30.5 Å². The van der Waals surface area contributed by atoms with Crippen LogP contribution in [0.4, 0.5) is 5.69 Å². The molecule has 4 saturated carbocycles. The SMILES string of the molecule is CC[C@@H](C(=O)NC(C)C)N(Cc1ccccc1C)C(=O)CN(c1ccc(C23CC4CC(CC(C4)C2)C3)cc1)S(C)(=O)=O. The van der Waals surface area contributed by atoms with Crippen molar-refractivity contribution in [1.29, 1.82) is 0 Å². The summed E-state index contributed by atoms with van der Waals surface area (Å²) < 4.78 is 27.4. The lowest BCUT2D eigenvalue weighted by Gasteiger charge is -2.57. The predicted octanol–water partition coefficient (Wildman–Crippen LogP) is 5.56. The molecule has 1 N–H and O–H groups in total. The Labute approximate surface area is 252 Å². The molecule has 2 aromatic carbocycles. The highest BCUT2D eigenvalue weighted by molar-refractivity contribution is 7.92. The average Bonchev–Trinajstić information content (AvgIpc) is 2.91. The Balaban J connectivity index is 1.41. The van der Waals surface area contributed by atoms with Gasteiger partial charge in [-0.25, -0.2) is 8.42 Å². The van der Waals surface area contributed by atoms with Gasteiger partial charge in [-0.3, -0.25) is 13.9 Å². The topological polar surface area (TPSA) is 86.8 Å². The van der Waals surface area contributed by atoms with Gasteiger partial charge in [0.15, 0.2) is 0 Å². The summed E-state index contributed by atoms with van der Waals surface area (Å²) in [6.45, 7) is 7.47. The highest BCUT2D eigenvalue weighted by Gasteiger charge is 2.51. The van der Waals surface area contributed by atoms with Crippen LogP contribution in [0.25, 0.3) is 0 Å². The summed E-state index contributed by atoms with van der Waals surface area (Å²) in [5.74, 6) is 1.82. The van der Waals surface area contributed by atoms with Crippen molar-refractivity contribution in [1.82, 2.24) is 10.2 Å². The molecular weight excluding hydrogens is 546 g/mol. The molecule has 1 atom stereocenters. The first-order valence-electron chi connectivity index (χ1n) is 15.6. The van der Waals surface area contributed by atoms with Crippen LogP contribution in [0, 0.1) is 24.7 Å². The quantitative estimate of drug-likeness (QED) is 0.370. The Hall–Kier alpha value is -2.87. The van der Waals surface area contributed by atoms with Gasteiger partial charge in [-0.2, -0.15) is 0 Å². The van der Waals surface area contributed by atoms with E-state index in [9.17, 15) is 18.0 Å². The van der Waals surface area contributed by atoms with Crippen molar-refractivity contribution < 1.29 is 18.0 Å². The zero-order valence-electron chi connectivity index (χ0n) is 25.8. The molecule has 4 aliphatic rings. The summed E-state index contributed by atoms with van der Waals surface area (Å²) >= 11 is 0. The Morgan fingerprint density at radius 2 is 1.52 bits per heavy atom. The van der Waals surface area contributed by atoms with E-state index in [1.54, 1.807) is 4.90 Å². The molecule has 228 valence electrons. The summed E-state index contributed by atoms with van der Waals surface area (Å²) in [6.07, 6.45) is 9.36. The Morgan fingerprint density at radius 1 is 0.952 bits per heavy atom. The number of amides is 2. The van der Waals surface area contributed by atoms with E-state index in [1.807, 2.05) is 64.1 Å². The third-order valence-electron chi connectivity index (χ3n) is 9.90. The number of sulfonamides is 1. The van der Waals surface area contributed by atoms with Crippen molar-refractivity contribution in [3.63, 3.8) is 0 Å². The minimum atomic E-state index is -3.77. The van der Waals surface area contributed by atoms with Gasteiger partial charge in [-0.15, -0.1) is 0 Å². The van der Waals surface area contributed by atoms with Crippen LogP contribution in [-0.2, 0) is 31.6 Å². The lowest BCUT2D eigenvalue weighted by atomic mass is 9.48. The van der Waals surface area contributed by atoms with Gasteiger partial charge in [0.25, 0.3) is 0 Å². The van der Waals surface area contributed by atoms with E-state index in [0.29, 0.717) is 12.1 Å². The molecule has 0 aliphatic heterocycles. The van der Waals surface area contributed by atoms with Crippen LogP contribution in [-0.4, -0.2) is 50.0 Å². The predicted molar refractivity (Wildman–Crippen MR) is 168 cm³/mol. The van der Waals surface area contributed by atoms with Crippen molar-refractivity contribution in [2.45, 2.75) is 96.7 Å². The Bertz CT molecular complexity index is 1370. The molecule has 42 heavy (non-hydrogen) atoms. The maximum atomic E-state index is 14.0. The lowest BCUT2D eigenvalue weighted by molar-refractivity contribution is -0.140. The van der Waals surface area contributed by atoms with E-state index in [1.165, 1.54) is 48.4 Å². The molecule has 7 nitrogen and oxygen atoms in total. The van der Waals surface area contributed by atoms with Crippen molar-refractivity contribution in [3.8, 4) is 0 Å². The van der Waals surface area contributed by atoms with Crippen LogP contribution in [0.3, 0.4) is 0 Å². The summed E-state index contributed by atoms with van der Waals surface area (Å²) in [5, 5.41) is 2.94. The number of benzene rings is 2. The van der Waals surface area contributed by atoms with Gasteiger partial charge >= 0.3 is 0 Å². The number of nitrogens with one attached hydrogen (secondary N) is 1. The minimum absolute atomic E-state index is 0.0815. The summed E-state index contributed by atoms with van der Waals surface area (Å²) in [6, 6.07) is 14.9. The summed E-state index contributed by atoms with van der Waals surface area (Å²) in [5.41, 5.74) is 3.93. The van der Waals surface area contributed by atoms with Gasteiger partial charge in [0.05, 0.1) is 11.9 Å². The van der Waals surface area contributed by atoms with E-state index in [0.717, 1.165) is 35.1 Å². The molecule has 8 heteroatoms. The maximum Gasteiger partial charge on any atom is 0.244 e. The first kappa shape index (κ1) is 30.6. The first-order valence-corrected chi connectivity index (χ1v) is 17.5. The number of carbonyl (C=O) groups is 2. The summed E-state index contributed by atoms with van der Waals surface area (Å²) in [4.78, 5) is 28.8.